The minimum absolute atomic E-state index is 0.0287. The van der Waals surface area contributed by atoms with Gasteiger partial charge in [-0.05, 0) is 48.7 Å². The van der Waals surface area contributed by atoms with E-state index in [-0.39, 0.29) is 23.2 Å². The second kappa shape index (κ2) is 11.2. The number of benzene rings is 2. The summed E-state index contributed by atoms with van der Waals surface area (Å²) in [7, 11) is -3.75. The summed E-state index contributed by atoms with van der Waals surface area (Å²) in [5, 5.41) is 2.70. The van der Waals surface area contributed by atoms with Crippen molar-refractivity contribution in [3.8, 4) is 11.5 Å². The molecule has 0 aliphatic rings. The van der Waals surface area contributed by atoms with E-state index >= 15 is 0 Å². The highest BCUT2D eigenvalue weighted by atomic mass is 32.2. The Morgan fingerprint density at radius 2 is 1.65 bits per heavy atom. The van der Waals surface area contributed by atoms with Crippen LogP contribution in [0.25, 0.3) is 0 Å². The first-order chi connectivity index (χ1) is 14.7. The number of hydrogen-bond donors (Lipinski definition) is 1. The highest BCUT2D eigenvalue weighted by Gasteiger charge is 2.26. The summed E-state index contributed by atoms with van der Waals surface area (Å²) in [4.78, 5) is 12.4. The predicted octanol–water partition coefficient (Wildman–Crippen LogP) is 4.26. The molecule has 0 aromatic heterocycles. The molecule has 170 valence electrons. The number of amides is 1. The van der Waals surface area contributed by atoms with Gasteiger partial charge >= 0.3 is 0 Å². The molecular formula is C23H32N2O5S. The number of rotatable bonds is 11. The fourth-order valence-corrected chi connectivity index (χ4v) is 4.67. The third kappa shape index (κ3) is 6.45. The quantitative estimate of drug-likeness (QED) is 0.555. The van der Waals surface area contributed by atoms with Crippen LogP contribution in [0.4, 0.5) is 5.69 Å². The average Bonchev–Trinajstić information content (AvgIpc) is 2.74. The lowest BCUT2D eigenvalue weighted by Gasteiger charge is -2.21. The first-order valence-electron chi connectivity index (χ1n) is 10.5. The van der Waals surface area contributed by atoms with E-state index in [1.807, 2.05) is 24.3 Å². The zero-order chi connectivity index (χ0) is 23.0. The smallest absolute Gasteiger partial charge is 0.262 e. The number of nitrogens with one attached hydrogen (secondary N) is 1. The molecule has 0 saturated heterocycles. The van der Waals surface area contributed by atoms with E-state index in [0.29, 0.717) is 37.1 Å². The van der Waals surface area contributed by atoms with E-state index in [2.05, 4.69) is 19.2 Å². The van der Waals surface area contributed by atoms with Crippen LogP contribution in [0.1, 0.15) is 46.1 Å². The molecule has 0 spiro atoms. The molecule has 0 atom stereocenters. The summed E-state index contributed by atoms with van der Waals surface area (Å²) in [6.07, 6.45) is 0. The molecular weight excluding hydrogens is 416 g/mol. The monoisotopic (exact) mass is 448 g/mol. The number of ether oxygens (including phenoxy) is 2. The maximum Gasteiger partial charge on any atom is 0.262 e. The third-order valence-corrected chi connectivity index (χ3v) is 6.84. The molecule has 8 heteroatoms. The summed E-state index contributed by atoms with van der Waals surface area (Å²) in [6.45, 7) is 10.4. The predicted molar refractivity (Wildman–Crippen MR) is 122 cm³/mol. The summed E-state index contributed by atoms with van der Waals surface area (Å²) in [6, 6.07) is 12.2. The van der Waals surface area contributed by atoms with E-state index in [0.717, 1.165) is 0 Å². The fourth-order valence-electron chi connectivity index (χ4n) is 3.06. The molecule has 0 unspecified atom stereocenters. The second-order valence-electron chi connectivity index (χ2n) is 7.24. The van der Waals surface area contributed by atoms with Crippen LogP contribution >= 0.6 is 0 Å². The van der Waals surface area contributed by atoms with Gasteiger partial charge in [0.15, 0.2) is 6.61 Å². The van der Waals surface area contributed by atoms with Gasteiger partial charge in [-0.15, -0.1) is 0 Å². The van der Waals surface area contributed by atoms with Crippen molar-refractivity contribution in [1.29, 1.82) is 0 Å². The number of sulfonamides is 1. The molecule has 0 fully saturated rings. The summed E-state index contributed by atoms with van der Waals surface area (Å²) in [5.74, 6) is 0.882. The van der Waals surface area contributed by atoms with Crippen LogP contribution in [0.5, 0.6) is 11.5 Å². The number of hydrogen-bond acceptors (Lipinski definition) is 5. The molecule has 0 radical (unpaired) electrons. The fraction of sp³-hybridized carbons (Fsp3) is 0.435. The van der Waals surface area contributed by atoms with Gasteiger partial charge in [-0.1, -0.05) is 39.8 Å². The number of anilines is 1. The molecule has 0 aliphatic heterocycles. The van der Waals surface area contributed by atoms with Gasteiger partial charge in [0.2, 0.25) is 10.0 Å². The average molecular weight is 449 g/mol. The van der Waals surface area contributed by atoms with Crippen molar-refractivity contribution in [1.82, 2.24) is 4.31 Å². The molecule has 0 aliphatic carbocycles. The first-order valence-corrected chi connectivity index (χ1v) is 12.0. The second-order valence-corrected chi connectivity index (χ2v) is 9.15. The van der Waals surface area contributed by atoms with Crippen LogP contribution in [0.3, 0.4) is 0 Å². The number of nitrogens with zero attached hydrogens (tertiary/aromatic N) is 1. The number of carbonyl (C=O) groups is 1. The lowest BCUT2D eigenvalue weighted by Crippen LogP contribution is -2.31. The van der Waals surface area contributed by atoms with Gasteiger partial charge in [0.1, 0.15) is 16.4 Å². The molecule has 7 nitrogen and oxygen atoms in total. The highest BCUT2D eigenvalue weighted by molar-refractivity contribution is 7.89. The molecule has 0 saturated carbocycles. The first kappa shape index (κ1) is 24.7. The van der Waals surface area contributed by atoms with Crippen LogP contribution in [0.2, 0.25) is 0 Å². The van der Waals surface area contributed by atoms with Crippen molar-refractivity contribution in [2.24, 2.45) is 0 Å². The van der Waals surface area contributed by atoms with Crippen LogP contribution < -0.4 is 14.8 Å². The molecule has 1 N–H and O–H groups in total. The molecule has 2 aromatic carbocycles. The van der Waals surface area contributed by atoms with Crippen molar-refractivity contribution < 1.29 is 22.7 Å². The Morgan fingerprint density at radius 1 is 1.00 bits per heavy atom. The van der Waals surface area contributed by atoms with Gasteiger partial charge < -0.3 is 14.8 Å². The Balaban J connectivity index is 2.14. The van der Waals surface area contributed by atoms with Crippen LogP contribution in [0.15, 0.2) is 47.4 Å². The zero-order valence-electron chi connectivity index (χ0n) is 18.8. The van der Waals surface area contributed by atoms with Crippen molar-refractivity contribution in [2.45, 2.75) is 45.4 Å². The minimum Gasteiger partial charge on any atom is -0.492 e. The molecule has 31 heavy (non-hydrogen) atoms. The van der Waals surface area contributed by atoms with Gasteiger partial charge in [0.25, 0.3) is 5.91 Å². The normalized spacial score (nSPS) is 11.6. The highest BCUT2D eigenvalue weighted by Crippen LogP contribution is 2.30. The van der Waals surface area contributed by atoms with E-state index in [1.54, 1.807) is 32.9 Å². The topological polar surface area (TPSA) is 84.9 Å². The van der Waals surface area contributed by atoms with Crippen LogP contribution in [-0.4, -0.2) is 44.9 Å². The third-order valence-electron chi connectivity index (χ3n) is 4.77. The summed E-state index contributed by atoms with van der Waals surface area (Å²) < 4.78 is 38.4. The molecule has 0 bridgehead atoms. The van der Waals surface area contributed by atoms with E-state index < -0.39 is 10.0 Å². The van der Waals surface area contributed by atoms with Crippen molar-refractivity contribution in [3.63, 3.8) is 0 Å². The standard InChI is InChI=1S/C23H32N2O5S/c1-6-25(7-2)31(27,28)22-15-19(11-14-21(22)29-8-3)24-23(26)16-30-20-12-9-18(10-13-20)17(4)5/h9-15,17H,6-8,16H2,1-5H3,(H,24,26). The summed E-state index contributed by atoms with van der Waals surface area (Å²) >= 11 is 0. The molecule has 2 aromatic rings. The Labute approximate surface area is 185 Å². The van der Waals surface area contributed by atoms with Gasteiger partial charge in [-0.25, -0.2) is 8.42 Å². The van der Waals surface area contributed by atoms with Crippen molar-refractivity contribution in [2.75, 3.05) is 31.6 Å². The maximum atomic E-state index is 13.0. The van der Waals surface area contributed by atoms with Gasteiger partial charge in [-0.2, -0.15) is 4.31 Å². The van der Waals surface area contributed by atoms with Gasteiger partial charge in [-0.3, -0.25) is 4.79 Å². The number of carbonyl (C=O) groups excluding carboxylic acids is 1. The van der Waals surface area contributed by atoms with Crippen molar-refractivity contribution in [3.05, 3.63) is 48.0 Å². The van der Waals surface area contributed by atoms with E-state index in [9.17, 15) is 13.2 Å². The lowest BCUT2D eigenvalue weighted by molar-refractivity contribution is -0.118. The van der Waals surface area contributed by atoms with Crippen LogP contribution in [0, 0.1) is 0 Å². The Kier molecular flexibility index (Phi) is 8.88. The largest absolute Gasteiger partial charge is 0.492 e. The minimum atomic E-state index is -3.75. The van der Waals surface area contributed by atoms with E-state index in [4.69, 9.17) is 9.47 Å². The van der Waals surface area contributed by atoms with Crippen LogP contribution in [-0.2, 0) is 14.8 Å². The maximum absolute atomic E-state index is 13.0. The lowest BCUT2D eigenvalue weighted by atomic mass is 10.0. The molecule has 0 heterocycles. The summed E-state index contributed by atoms with van der Waals surface area (Å²) in [5.41, 5.74) is 1.55. The van der Waals surface area contributed by atoms with Gasteiger partial charge in [0.05, 0.1) is 6.61 Å². The van der Waals surface area contributed by atoms with E-state index in [1.165, 1.54) is 15.9 Å². The SMILES string of the molecule is CCOc1ccc(NC(=O)COc2ccc(C(C)C)cc2)cc1S(=O)(=O)N(CC)CC. The molecule has 1 amide bonds. The zero-order valence-corrected chi connectivity index (χ0v) is 19.7. The Hall–Kier alpha value is -2.58. The van der Waals surface area contributed by atoms with Crippen molar-refractivity contribution >= 4 is 21.6 Å². The Morgan fingerprint density at radius 3 is 2.19 bits per heavy atom. The van der Waals surface area contributed by atoms with Gasteiger partial charge in [0, 0.05) is 18.8 Å². The Bertz CT molecular complexity index is 968. The molecule has 2 rings (SSSR count).